The van der Waals surface area contributed by atoms with Gasteiger partial charge in [-0.05, 0) is 46.9 Å². The van der Waals surface area contributed by atoms with Crippen LogP contribution in [0.5, 0.6) is 5.75 Å². The van der Waals surface area contributed by atoms with Crippen molar-refractivity contribution in [2.24, 2.45) is 0 Å². The lowest BCUT2D eigenvalue weighted by Crippen LogP contribution is -2.60. The molecule has 0 spiro atoms. The molecule has 0 saturated carbocycles. The zero-order valence-corrected chi connectivity index (χ0v) is 23.9. The lowest BCUT2D eigenvalue weighted by molar-refractivity contribution is -0.270. The highest BCUT2D eigenvalue weighted by Gasteiger charge is 2.53. The maximum atomic E-state index is 12.3. The molecule has 12 heteroatoms. The summed E-state index contributed by atoms with van der Waals surface area (Å²) in [5, 5.41) is 6.73. The Morgan fingerprint density at radius 3 is 2.24 bits per heavy atom. The maximum Gasteiger partial charge on any atom is 0.303 e. The van der Waals surface area contributed by atoms with Crippen LogP contribution in [0.15, 0.2) is 36.5 Å². The van der Waals surface area contributed by atoms with Gasteiger partial charge >= 0.3 is 23.9 Å². The van der Waals surface area contributed by atoms with Crippen molar-refractivity contribution in [1.82, 2.24) is 9.78 Å². The van der Waals surface area contributed by atoms with Crippen molar-refractivity contribution in [3.05, 3.63) is 47.7 Å². The second kappa shape index (κ2) is 11.8. The highest BCUT2D eigenvalue weighted by molar-refractivity contribution is 5.93. The second-order valence-corrected chi connectivity index (χ2v) is 10.2. The number of carbonyl (C=O) groups excluding carboxylic acids is 4. The molecule has 0 unspecified atom stereocenters. The van der Waals surface area contributed by atoms with E-state index >= 15 is 0 Å². The van der Waals surface area contributed by atoms with Gasteiger partial charge in [0, 0.05) is 33.3 Å². The summed E-state index contributed by atoms with van der Waals surface area (Å²) in [7, 11) is 1.62. The van der Waals surface area contributed by atoms with Gasteiger partial charge in [-0.2, -0.15) is 5.10 Å². The van der Waals surface area contributed by atoms with Gasteiger partial charge in [0.2, 0.25) is 0 Å². The van der Waals surface area contributed by atoms with Crippen LogP contribution < -0.4 is 4.74 Å². The zero-order chi connectivity index (χ0) is 30.1. The number of rotatable bonds is 7. The second-order valence-electron chi connectivity index (χ2n) is 10.2. The third-order valence-electron chi connectivity index (χ3n) is 7.32. The van der Waals surface area contributed by atoms with Crippen LogP contribution in [0.2, 0.25) is 0 Å². The summed E-state index contributed by atoms with van der Waals surface area (Å²) >= 11 is 0. The highest BCUT2D eigenvalue weighted by Crippen LogP contribution is 2.42. The first-order valence-corrected chi connectivity index (χ1v) is 13.5. The molecule has 0 N–H and O–H groups in total. The molecule has 2 aromatic carbocycles. The Morgan fingerprint density at radius 2 is 1.57 bits per heavy atom. The highest BCUT2D eigenvalue weighted by atomic mass is 16.7. The fourth-order valence-corrected chi connectivity index (χ4v) is 5.72. The molecule has 5 rings (SSSR count). The Bertz CT molecular complexity index is 1550. The third-order valence-corrected chi connectivity index (χ3v) is 7.32. The first-order valence-electron chi connectivity index (χ1n) is 13.5. The summed E-state index contributed by atoms with van der Waals surface area (Å²) in [6.07, 6.45) is -2.81. The molecule has 222 valence electrons. The molecule has 0 bridgehead atoms. The lowest BCUT2D eigenvalue weighted by Gasteiger charge is -2.44. The van der Waals surface area contributed by atoms with E-state index in [1.165, 1.54) is 27.7 Å². The molecule has 2 heterocycles. The SMILES string of the molecule is COc1ccc2c3c(ccc2c1)-c1c(cnn1[C@H]1O[C@H](COC(C)=O)[C@@H](OC(C)=O)[C@H](OC(C)=O)[C@H]1OC(C)=O)CC3. The Hall–Kier alpha value is -4.45. The number of hydrogen-bond acceptors (Lipinski definition) is 11. The smallest absolute Gasteiger partial charge is 0.303 e. The van der Waals surface area contributed by atoms with E-state index in [0.29, 0.717) is 6.42 Å². The number of esters is 4. The fourth-order valence-electron chi connectivity index (χ4n) is 5.72. The largest absolute Gasteiger partial charge is 0.497 e. The number of nitrogens with zero attached hydrogens (tertiary/aromatic N) is 2. The Kier molecular flexibility index (Phi) is 8.17. The van der Waals surface area contributed by atoms with Crippen molar-refractivity contribution in [2.75, 3.05) is 13.7 Å². The van der Waals surface area contributed by atoms with E-state index in [9.17, 15) is 19.2 Å². The average Bonchev–Trinajstić information content (AvgIpc) is 3.37. The van der Waals surface area contributed by atoms with E-state index in [4.69, 9.17) is 28.4 Å². The number of methoxy groups -OCH3 is 1. The summed E-state index contributed by atoms with van der Waals surface area (Å²) in [4.78, 5) is 48.4. The monoisotopic (exact) mass is 580 g/mol. The Labute approximate surface area is 241 Å². The Balaban J connectivity index is 1.64. The van der Waals surface area contributed by atoms with Crippen molar-refractivity contribution in [3.8, 4) is 17.0 Å². The quantitative estimate of drug-likeness (QED) is 0.301. The van der Waals surface area contributed by atoms with Gasteiger partial charge in [-0.25, -0.2) is 4.68 Å². The molecule has 1 aromatic heterocycles. The number of aromatic nitrogens is 2. The van der Waals surface area contributed by atoms with Crippen LogP contribution in [0.4, 0.5) is 0 Å². The van der Waals surface area contributed by atoms with Crippen LogP contribution >= 0.6 is 0 Å². The van der Waals surface area contributed by atoms with Gasteiger partial charge in [-0.3, -0.25) is 19.2 Å². The van der Waals surface area contributed by atoms with Crippen LogP contribution in [0.25, 0.3) is 22.0 Å². The number of hydrogen-bond donors (Lipinski definition) is 0. The molecule has 1 saturated heterocycles. The van der Waals surface area contributed by atoms with Gasteiger partial charge in [-0.1, -0.05) is 18.2 Å². The maximum absolute atomic E-state index is 12.3. The van der Waals surface area contributed by atoms with E-state index in [1.807, 2.05) is 30.3 Å². The van der Waals surface area contributed by atoms with Crippen LogP contribution in [0, 0.1) is 0 Å². The molecule has 12 nitrogen and oxygen atoms in total. The van der Waals surface area contributed by atoms with Gasteiger partial charge in [0.05, 0.1) is 19.0 Å². The van der Waals surface area contributed by atoms with E-state index in [1.54, 1.807) is 18.0 Å². The average molecular weight is 581 g/mol. The predicted octanol–water partition coefficient (Wildman–Crippen LogP) is 3.07. The van der Waals surface area contributed by atoms with Crippen LogP contribution in [0.1, 0.15) is 45.0 Å². The molecule has 1 fully saturated rings. The topological polar surface area (TPSA) is 141 Å². The molecular formula is C30H32N2O10. The van der Waals surface area contributed by atoms with Crippen LogP contribution in [-0.4, -0.2) is 71.8 Å². The standard InChI is InChI=1S/C30H32N2O10/c1-15(33)38-14-25-27(39-16(2)34)28(40-17(3)35)29(41-18(4)36)30(42-25)32-26-20(13-31-32)7-9-23-22-11-8-21(37-5)12-19(22)6-10-24(23)26/h6,8,10-13,25,27-30H,7,9,14H2,1-5H3/t25-,27-,28+,29-,30+/m1/s1. The van der Waals surface area contributed by atoms with Crippen molar-refractivity contribution in [1.29, 1.82) is 0 Å². The number of benzene rings is 2. The van der Waals surface area contributed by atoms with E-state index in [2.05, 4.69) is 5.10 Å². The minimum Gasteiger partial charge on any atom is -0.497 e. The third kappa shape index (κ3) is 5.67. The normalized spacial score (nSPS) is 22.8. The van der Waals surface area contributed by atoms with Gasteiger partial charge in [-0.15, -0.1) is 0 Å². The van der Waals surface area contributed by atoms with E-state index in [-0.39, 0.29) is 6.61 Å². The molecule has 0 radical (unpaired) electrons. The summed E-state index contributed by atoms with van der Waals surface area (Å²) in [6.45, 7) is 4.49. The molecule has 42 heavy (non-hydrogen) atoms. The van der Waals surface area contributed by atoms with Crippen LogP contribution in [0.3, 0.4) is 0 Å². The lowest BCUT2D eigenvalue weighted by atomic mass is 9.86. The first kappa shape index (κ1) is 29.1. The summed E-state index contributed by atoms with van der Waals surface area (Å²) in [5.41, 5.74) is 3.72. The summed E-state index contributed by atoms with van der Waals surface area (Å²) < 4.78 is 35.4. The van der Waals surface area contributed by atoms with E-state index in [0.717, 1.165) is 45.3 Å². The first-order chi connectivity index (χ1) is 20.1. The molecule has 1 aliphatic carbocycles. The number of carbonyl (C=O) groups is 4. The summed E-state index contributed by atoms with van der Waals surface area (Å²) in [6, 6.07) is 9.90. The molecule has 1 aliphatic heterocycles. The molecular weight excluding hydrogens is 548 g/mol. The fraction of sp³-hybridized carbons (Fsp3) is 0.433. The minimum absolute atomic E-state index is 0.319. The molecule has 2 aliphatic rings. The Morgan fingerprint density at radius 1 is 0.881 bits per heavy atom. The van der Waals surface area contributed by atoms with Crippen molar-refractivity contribution in [3.63, 3.8) is 0 Å². The number of fused-ring (bicyclic) bond motifs is 5. The van der Waals surface area contributed by atoms with Gasteiger partial charge in [0.1, 0.15) is 18.5 Å². The van der Waals surface area contributed by atoms with Crippen molar-refractivity contribution in [2.45, 2.75) is 71.2 Å². The van der Waals surface area contributed by atoms with E-state index < -0.39 is 54.5 Å². The predicted molar refractivity (Wildman–Crippen MR) is 146 cm³/mol. The zero-order valence-electron chi connectivity index (χ0n) is 23.9. The number of ether oxygens (including phenoxy) is 6. The number of aryl methyl sites for hydroxylation is 2. The van der Waals surface area contributed by atoms with Gasteiger partial charge < -0.3 is 28.4 Å². The molecule has 5 atom stereocenters. The summed E-state index contributed by atoms with van der Waals surface area (Å²) in [5.74, 6) is -1.90. The molecule has 3 aromatic rings. The van der Waals surface area contributed by atoms with Crippen molar-refractivity contribution < 1.29 is 47.6 Å². The van der Waals surface area contributed by atoms with Crippen LogP contribution in [-0.2, 0) is 55.7 Å². The minimum atomic E-state index is -1.29. The van der Waals surface area contributed by atoms with Crippen molar-refractivity contribution >= 4 is 34.6 Å². The molecule has 0 amide bonds. The van der Waals surface area contributed by atoms with Gasteiger partial charge in [0.15, 0.2) is 24.5 Å². The van der Waals surface area contributed by atoms with Gasteiger partial charge in [0.25, 0.3) is 0 Å².